The highest BCUT2D eigenvalue weighted by molar-refractivity contribution is 6.07. The number of fused-ring (bicyclic) bond motifs is 1. The first-order chi connectivity index (χ1) is 19.2. The lowest BCUT2D eigenvalue weighted by Gasteiger charge is -2.26. The molecule has 0 fully saturated rings. The zero-order chi connectivity index (χ0) is 30.6. The third-order valence-electron chi connectivity index (χ3n) is 6.96. The molecule has 0 aromatic heterocycles. The number of nitrogens with one attached hydrogen (secondary N) is 2. The van der Waals surface area contributed by atoms with Crippen molar-refractivity contribution in [3.05, 3.63) is 57.6 Å². The molecule has 1 aliphatic rings. The van der Waals surface area contributed by atoms with Crippen molar-refractivity contribution >= 4 is 29.4 Å². The normalized spacial score (nSPS) is 12.6. The molecule has 2 aromatic rings. The van der Waals surface area contributed by atoms with Crippen molar-refractivity contribution in [3.63, 3.8) is 0 Å². The lowest BCUT2D eigenvalue weighted by Crippen LogP contribution is -2.32. The number of carboxylic acids is 1. The van der Waals surface area contributed by atoms with Crippen LogP contribution in [0.2, 0.25) is 0 Å². The first-order valence-corrected chi connectivity index (χ1v) is 13.4. The van der Waals surface area contributed by atoms with Crippen molar-refractivity contribution in [2.24, 2.45) is 0 Å². The zero-order valence-corrected chi connectivity index (χ0v) is 24.4. The van der Waals surface area contributed by atoms with Crippen molar-refractivity contribution in [1.29, 1.82) is 5.41 Å². The molecule has 11 nitrogen and oxygen atoms in total. The highest BCUT2D eigenvalue weighted by atomic mass is 16.5. The summed E-state index contributed by atoms with van der Waals surface area (Å²) in [6.07, 6.45) is -0.255. The number of hydrogen-bond acceptors (Lipinski definition) is 7. The van der Waals surface area contributed by atoms with Gasteiger partial charge in [0.15, 0.2) is 5.78 Å². The molecule has 0 saturated heterocycles. The molecule has 2 aromatic carbocycles. The Hall–Kier alpha value is -4.41. The van der Waals surface area contributed by atoms with E-state index in [9.17, 15) is 24.3 Å². The molecular weight excluding hydrogens is 528 g/mol. The molecule has 0 spiro atoms. The number of amides is 2. The molecule has 3 rings (SSSR count). The molecule has 0 aliphatic carbocycles. The summed E-state index contributed by atoms with van der Waals surface area (Å²) in [7, 11) is 1.52. The van der Waals surface area contributed by atoms with Crippen LogP contribution in [0.4, 0.5) is 0 Å². The SMILES string of the molecule is CCOc1cc2c(cc1C(=O)NC)C(=N)N(CC(=O)c1cc(CN(CCC(=O)O)C(C)=O)c(O)c(C(C)(C)C)c1)C2. The predicted molar refractivity (Wildman–Crippen MR) is 153 cm³/mol. The molecule has 0 radical (unpaired) electrons. The van der Waals surface area contributed by atoms with Crippen molar-refractivity contribution in [1.82, 2.24) is 15.1 Å². The summed E-state index contributed by atoms with van der Waals surface area (Å²) >= 11 is 0. The van der Waals surface area contributed by atoms with Gasteiger partial charge in [0.1, 0.15) is 17.3 Å². The van der Waals surface area contributed by atoms with Crippen LogP contribution in [0.15, 0.2) is 24.3 Å². The van der Waals surface area contributed by atoms with Gasteiger partial charge in [-0.2, -0.15) is 0 Å². The second kappa shape index (κ2) is 12.4. The highest BCUT2D eigenvalue weighted by Crippen LogP contribution is 2.36. The molecule has 1 aliphatic heterocycles. The molecule has 1 heterocycles. The number of carbonyl (C=O) groups is 4. The highest BCUT2D eigenvalue weighted by Gasteiger charge is 2.30. The quantitative estimate of drug-likeness (QED) is 0.301. The van der Waals surface area contributed by atoms with Gasteiger partial charge in [-0.25, -0.2) is 0 Å². The van der Waals surface area contributed by atoms with Crippen LogP contribution in [0.3, 0.4) is 0 Å². The topological polar surface area (TPSA) is 160 Å². The standard InChI is InChI=1S/C30H38N4O7/c1-7-41-25-12-19-14-34(28(31)21(19)13-22(25)29(40)32-6)16-24(36)18-10-20(27(39)23(11-18)30(3,4)5)15-33(17(2)35)9-8-26(37)38/h10-13,31,39H,7-9,14-16H2,1-6H3,(H,32,40)(H,37,38). The van der Waals surface area contributed by atoms with E-state index >= 15 is 0 Å². The summed E-state index contributed by atoms with van der Waals surface area (Å²) in [5.41, 5.74) is 2.21. The molecule has 41 heavy (non-hydrogen) atoms. The van der Waals surface area contributed by atoms with Gasteiger partial charge in [0, 0.05) is 55.9 Å². The molecule has 0 bridgehead atoms. The summed E-state index contributed by atoms with van der Waals surface area (Å²) in [6.45, 7) is 9.20. The minimum absolute atomic E-state index is 0.0435. The molecule has 220 valence electrons. The average molecular weight is 567 g/mol. The van der Waals surface area contributed by atoms with Crippen LogP contribution in [-0.2, 0) is 28.1 Å². The number of ether oxygens (including phenoxy) is 1. The van der Waals surface area contributed by atoms with Gasteiger partial charge in [0.05, 0.1) is 25.1 Å². The maximum Gasteiger partial charge on any atom is 0.305 e. The molecule has 0 atom stereocenters. The number of benzene rings is 2. The Morgan fingerprint density at radius 3 is 2.39 bits per heavy atom. The summed E-state index contributed by atoms with van der Waals surface area (Å²) < 4.78 is 5.65. The van der Waals surface area contributed by atoms with Gasteiger partial charge < -0.3 is 30.1 Å². The van der Waals surface area contributed by atoms with E-state index in [0.29, 0.717) is 40.2 Å². The van der Waals surface area contributed by atoms with Crippen LogP contribution in [0.25, 0.3) is 0 Å². The van der Waals surface area contributed by atoms with Crippen molar-refractivity contribution in [3.8, 4) is 11.5 Å². The average Bonchev–Trinajstić information content (AvgIpc) is 3.19. The maximum atomic E-state index is 13.6. The van der Waals surface area contributed by atoms with Gasteiger partial charge in [0.2, 0.25) is 5.91 Å². The first kappa shape index (κ1) is 31.1. The molecule has 11 heteroatoms. The van der Waals surface area contributed by atoms with Crippen molar-refractivity contribution in [2.45, 2.75) is 59.5 Å². The van der Waals surface area contributed by atoms with Gasteiger partial charge in [-0.3, -0.25) is 24.6 Å². The van der Waals surface area contributed by atoms with Crippen LogP contribution >= 0.6 is 0 Å². The number of ketones is 1. The first-order valence-electron chi connectivity index (χ1n) is 13.4. The number of hydrogen-bond donors (Lipinski definition) is 4. The van der Waals surface area contributed by atoms with E-state index in [0.717, 1.165) is 5.56 Å². The Bertz CT molecular complexity index is 1390. The number of phenolic OH excluding ortho intramolecular Hbond substituents is 1. The molecular formula is C30H38N4O7. The maximum absolute atomic E-state index is 13.6. The van der Waals surface area contributed by atoms with Gasteiger partial charge >= 0.3 is 5.97 Å². The Balaban J connectivity index is 1.94. The number of Topliss-reactive ketones (excluding diaryl/α,β-unsaturated/α-hetero) is 1. The molecule has 4 N–H and O–H groups in total. The lowest BCUT2D eigenvalue weighted by molar-refractivity contribution is -0.138. The van der Waals surface area contributed by atoms with Crippen LogP contribution in [0, 0.1) is 5.41 Å². The lowest BCUT2D eigenvalue weighted by atomic mass is 9.83. The van der Waals surface area contributed by atoms with E-state index in [1.54, 1.807) is 23.1 Å². The summed E-state index contributed by atoms with van der Waals surface area (Å²) in [4.78, 5) is 52.2. The predicted octanol–water partition coefficient (Wildman–Crippen LogP) is 3.30. The van der Waals surface area contributed by atoms with Gasteiger partial charge in [-0.1, -0.05) is 20.8 Å². The van der Waals surface area contributed by atoms with Crippen molar-refractivity contribution in [2.75, 3.05) is 26.7 Å². The number of aromatic hydroxyl groups is 1. The van der Waals surface area contributed by atoms with Crippen LogP contribution in [0.5, 0.6) is 11.5 Å². The zero-order valence-electron chi connectivity index (χ0n) is 24.4. The second-order valence-corrected chi connectivity index (χ2v) is 11.0. The van der Waals surface area contributed by atoms with Gasteiger partial charge in [0.25, 0.3) is 5.91 Å². The van der Waals surface area contributed by atoms with E-state index in [-0.39, 0.29) is 61.8 Å². The van der Waals surface area contributed by atoms with Crippen molar-refractivity contribution < 1.29 is 34.1 Å². The van der Waals surface area contributed by atoms with E-state index in [1.807, 2.05) is 27.7 Å². The van der Waals surface area contributed by atoms with Gasteiger partial charge in [-0.05, 0) is 42.2 Å². The number of amidine groups is 1. The second-order valence-electron chi connectivity index (χ2n) is 11.0. The summed E-state index contributed by atoms with van der Waals surface area (Å²) in [6, 6.07) is 6.48. The molecule has 0 unspecified atom stereocenters. The van der Waals surface area contributed by atoms with E-state index in [1.165, 1.54) is 24.9 Å². The van der Waals surface area contributed by atoms with E-state index in [2.05, 4.69) is 5.32 Å². The smallest absolute Gasteiger partial charge is 0.305 e. The number of carbonyl (C=O) groups excluding carboxylic acids is 3. The third-order valence-corrected chi connectivity index (χ3v) is 6.96. The Labute approximate surface area is 239 Å². The van der Waals surface area contributed by atoms with Crippen LogP contribution in [0.1, 0.15) is 84.0 Å². The largest absolute Gasteiger partial charge is 0.507 e. The number of nitrogens with zero attached hydrogens (tertiary/aromatic N) is 2. The fraction of sp³-hybridized carbons (Fsp3) is 0.433. The minimum atomic E-state index is -1.05. The summed E-state index contributed by atoms with van der Waals surface area (Å²) in [5, 5.41) is 31.5. The molecule has 2 amide bonds. The Kier molecular flexibility index (Phi) is 9.42. The number of rotatable bonds is 11. The fourth-order valence-electron chi connectivity index (χ4n) is 4.75. The Morgan fingerprint density at radius 2 is 1.83 bits per heavy atom. The minimum Gasteiger partial charge on any atom is -0.507 e. The van der Waals surface area contributed by atoms with Crippen LogP contribution < -0.4 is 10.1 Å². The van der Waals surface area contributed by atoms with Crippen LogP contribution in [-0.4, -0.2) is 76.2 Å². The third kappa shape index (κ3) is 7.03. The fourth-order valence-corrected chi connectivity index (χ4v) is 4.75. The van der Waals surface area contributed by atoms with Gasteiger partial charge in [-0.15, -0.1) is 0 Å². The number of carboxylic acid groups (broad SMARTS) is 1. The van der Waals surface area contributed by atoms with E-state index < -0.39 is 11.4 Å². The monoisotopic (exact) mass is 566 g/mol. The number of phenols is 1. The summed E-state index contributed by atoms with van der Waals surface area (Å²) in [5.74, 6) is -1.59. The Morgan fingerprint density at radius 1 is 1.15 bits per heavy atom. The number of aliphatic carboxylic acids is 1. The van der Waals surface area contributed by atoms with E-state index in [4.69, 9.17) is 15.3 Å². The molecule has 0 saturated carbocycles.